The van der Waals surface area contributed by atoms with Crippen LogP contribution in [0.1, 0.15) is 45.4 Å². The number of rotatable bonds is 0. The van der Waals surface area contributed by atoms with Gasteiger partial charge in [-0.1, -0.05) is 13.3 Å². The largest absolute Gasteiger partial charge is 0.299 e. The van der Waals surface area contributed by atoms with Gasteiger partial charge in [-0.25, -0.2) is 0 Å². The molecule has 3 aliphatic carbocycles. The van der Waals surface area contributed by atoms with Gasteiger partial charge in [0.1, 0.15) is 5.78 Å². The molecule has 1 heteroatoms. The second-order valence-electron chi connectivity index (χ2n) is 5.50. The van der Waals surface area contributed by atoms with Crippen LogP contribution in [0.4, 0.5) is 0 Å². The second kappa shape index (κ2) is 2.37. The highest BCUT2D eigenvalue weighted by Gasteiger charge is 2.63. The van der Waals surface area contributed by atoms with Crippen molar-refractivity contribution in [1.82, 2.24) is 0 Å². The van der Waals surface area contributed by atoms with Crippen molar-refractivity contribution >= 4 is 5.78 Å². The molecule has 0 aliphatic heterocycles. The topological polar surface area (TPSA) is 17.1 Å². The molecule has 0 N–H and O–H groups in total. The van der Waals surface area contributed by atoms with Crippen LogP contribution in [-0.2, 0) is 4.79 Å². The highest BCUT2D eigenvalue weighted by molar-refractivity contribution is 5.84. The molecule has 0 aromatic heterocycles. The standard InChI is InChI=1S/C12H18O/c1-12-7-3-6-10(13)11(12)8-4-2-5-9(8)12/h8-9,11H,2-7H2,1H3/t8-,9-,11-,12-/m0/s1. The lowest BCUT2D eigenvalue weighted by molar-refractivity contribution is -0.160. The van der Waals surface area contributed by atoms with Gasteiger partial charge in [-0.3, -0.25) is 4.79 Å². The van der Waals surface area contributed by atoms with E-state index in [-0.39, 0.29) is 0 Å². The van der Waals surface area contributed by atoms with Crippen molar-refractivity contribution < 1.29 is 4.79 Å². The predicted octanol–water partition coefficient (Wildman–Crippen LogP) is 2.79. The van der Waals surface area contributed by atoms with Gasteiger partial charge in [-0.05, 0) is 42.9 Å². The zero-order valence-electron chi connectivity index (χ0n) is 8.38. The Morgan fingerprint density at radius 1 is 1.31 bits per heavy atom. The van der Waals surface area contributed by atoms with Crippen molar-refractivity contribution in [2.24, 2.45) is 23.2 Å². The van der Waals surface area contributed by atoms with E-state index in [9.17, 15) is 4.79 Å². The Balaban J connectivity index is 1.93. The van der Waals surface area contributed by atoms with E-state index in [2.05, 4.69) is 6.92 Å². The van der Waals surface area contributed by atoms with Crippen LogP contribution in [0.25, 0.3) is 0 Å². The van der Waals surface area contributed by atoms with Gasteiger partial charge in [-0.15, -0.1) is 0 Å². The van der Waals surface area contributed by atoms with Gasteiger partial charge >= 0.3 is 0 Å². The lowest BCUT2D eigenvalue weighted by atomic mass is 9.44. The van der Waals surface area contributed by atoms with Crippen molar-refractivity contribution in [3.8, 4) is 0 Å². The van der Waals surface area contributed by atoms with Gasteiger partial charge in [-0.2, -0.15) is 0 Å². The molecule has 0 saturated heterocycles. The molecule has 72 valence electrons. The summed E-state index contributed by atoms with van der Waals surface area (Å²) in [7, 11) is 0. The van der Waals surface area contributed by atoms with Crippen molar-refractivity contribution in [1.29, 1.82) is 0 Å². The van der Waals surface area contributed by atoms with Crippen molar-refractivity contribution in [2.45, 2.75) is 45.4 Å². The fraction of sp³-hybridized carbons (Fsp3) is 0.917. The Kier molecular flexibility index (Phi) is 1.46. The van der Waals surface area contributed by atoms with E-state index in [0.717, 1.165) is 24.7 Å². The molecule has 4 atom stereocenters. The third-order valence-electron chi connectivity index (χ3n) is 5.04. The van der Waals surface area contributed by atoms with E-state index in [0.29, 0.717) is 17.1 Å². The summed E-state index contributed by atoms with van der Waals surface area (Å²) in [6, 6.07) is 0. The van der Waals surface area contributed by atoms with E-state index in [1.54, 1.807) is 0 Å². The second-order valence-corrected chi connectivity index (χ2v) is 5.50. The average molecular weight is 178 g/mol. The highest BCUT2D eigenvalue weighted by Crippen LogP contribution is 2.66. The Labute approximate surface area is 79.9 Å². The van der Waals surface area contributed by atoms with Gasteiger partial charge in [0.25, 0.3) is 0 Å². The fourth-order valence-electron chi connectivity index (χ4n) is 4.55. The first-order valence-electron chi connectivity index (χ1n) is 5.76. The zero-order chi connectivity index (χ0) is 9.05. The minimum absolute atomic E-state index is 0.441. The van der Waals surface area contributed by atoms with Gasteiger partial charge in [0.2, 0.25) is 0 Å². The number of Topliss-reactive ketones (excluding diaryl/α,β-unsaturated/α-hetero) is 1. The van der Waals surface area contributed by atoms with Crippen LogP contribution in [0.3, 0.4) is 0 Å². The number of carbonyl (C=O) groups is 1. The van der Waals surface area contributed by atoms with Crippen LogP contribution in [0.5, 0.6) is 0 Å². The molecule has 0 aromatic carbocycles. The van der Waals surface area contributed by atoms with Crippen LogP contribution in [0.15, 0.2) is 0 Å². The number of hydrogen-bond acceptors (Lipinski definition) is 1. The van der Waals surface area contributed by atoms with Crippen LogP contribution in [0.2, 0.25) is 0 Å². The molecule has 3 rings (SSSR count). The summed E-state index contributed by atoms with van der Waals surface area (Å²) < 4.78 is 0. The van der Waals surface area contributed by atoms with Crippen LogP contribution in [-0.4, -0.2) is 5.78 Å². The molecule has 3 fully saturated rings. The Bertz CT molecular complexity index is 258. The summed E-state index contributed by atoms with van der Waals surface area (Å²) in [6.07, 6.45) is 7.50. The molecular formula is C12H18O. The number of fused-ring (bicyclic) bond motifs is 4. The maximum absolute atomic E-state index is 11.8. The molecule has 0 radical (unpaired) electrons. The van der Waals surface area contributed by atoms with E-state index >= 15 is 0 Å². The van der Waals surface area contributed by atoms with E-state index < -0.39 is 0 Å². The quantitative estimate of drug-likeness (QED) is 0.557. The minimum Gasteiger partial charge on any atom is -0.299 e. The number of ketones is 1. The minimum atomic E-state index is 0.441. The summed E-state index contributed by atoms with van der Waals surface area (Å²) in [5.74, 6) is 2.80. The molecule has 0 bridgehead atoms. The van der Waals surface area contributed by atoms with Crippen LogP contribution < -0.4 is 0 Å². The maximum atomic E-state index is 11.8. The SMILES string of the molecule is C[C@@]12CCCC(=O)[C@@H]1[C@H]1CCC[C@@H]12. The first-order valence-corrected chi connectivity index (χ1v) is 5.76. The van der Waals surface area contributed by atoms with E-state index in [1.165, 1.54) is 25.7 Å². The van der Waals surface area contributed by atoms with Crippen molar-refractivity contribution in [3.05, 3.63) is 0 Å². The summed E-state index contributed by atoms with van der Waals surface area (Å²) in [6.45, 7) is 2.38. The summed E-state index contributed by atoms with van der Waals surface area (Å²) in [5, 5.41) is 0. The number of carbonyl (C=O) groups excluding carboxylic acids is 1. The molecular weight excluding hydrogens is 160 g/mol. The lowest BCUT2D eigenvalue weighted by Crippen LogP contribution is -2.58. The monoisotopic (exact) mass is 178 g/mol. The van der Waals surface area contributed by atoms with Crippen LogP contribution >= 0.6 is 0 Å². The Morgan fingerprint density at radius 3 is 3.00 bits per heavy atom. The highest BCUT2D eigenvalue weighted by atomic mass is 16.1. The first-order chi connectivity index (χ1) is 6.23. The molecule has 0 heterocycles. The van der Waals surface area contributed by atoms with Gasteiger partial charge in [0.05, 0.1) is 0 Å². The summed E-state index contributed by atoms with van der Waals surface area (Å²) >= 11 is 0. The smallest absolute Gasteiger partial charge is 0.136 e. The van der Waals surface area contributed by atoms with E-state index in [4.69, 9.17) is 0 Å². The average Bonchev–Trinajstić information content (AvgIpc) is 2.48. The Morgan fingerprint density at radius 2 is 2.15 bits per heavy atom. The normalized spacial score (nSPS) is 53.9. The summed E-state index contributed by atoms with van der Waals surface area (Å²) in [5.41, 5.74) is 0.441. The predicted molar refractivity (Wildman–Crippen MR) is 51.3 cm³/mol. The number of hydrogen-bond donors (Lipinski definition) is 0. The molecule has 3 aliphatic rings. The molecule has 0 unspecified atom stereocenters. The third-order valence-corrected chi connectivity index (χ3v) is 5.04. The first kappa shape index (κ1) is 8.02. The molecule has 13 heavy (non-hydrogen) atoms. The molecule has 0 aromatic rings. The van der Waals surface area contributed by atoms with Gasteiger partial charge in [0, 0.05) is 12.3 Å². The van der Waals surface area contributed by atoms with Gasteiger partial charge < -0.3 is 0 Å². The molecule has 3 saturated carbocycles. The zero-order valence-corrected chi connectivity index (χ0v) is 8.38. The third kappa shape index (κ3) is 0.812. The fourth-order valence-corrected chi connectivity index (χ4v) is 4.55. The molecule has 1 nitrogen and oxygen atoms in total. The van der Waals surface area contributed by atoms with E-state index in [1.807, 2.05) is 0 Å². The van der Waals surface area contributed by atoms with Crippen molar-refractivity contribution in [3.63, 3.8) is 0 Å². The Hall–Kier alpha value is -0.330. The van der Waals surface area contributed by atoms with Gasteiger partial charge in [0.15, 0.2) is 0 Å². The summed E-state index contributed by atoms with van der Waals surface area (Å²) in [4.78, 5) is 11.8. The lowest BCUT2D eigenvalue weighted by Gasteiger charge is -2.59. The van der Waals surface area contributed by atoms with Crippen LogP contribution in [0, 0.1) is 23.2 Å². The van der Waals surface area contributed by atoms with Crippen molar-refractivity contribution in [2.75, 3.05) is 0 Å². The maximum Gasteiger partial charge on any atom is 0.136 e. The molecule has 0 amide bonds. The molecule has 0 spiro atoms.